The van der Waals surface area contributed by atoms with Crippen LogP contribution in [0.2, 0.25) is 0 Å². The van der Waals surface area contributed by atoms with Gasteiger partial charge in [0.25, 0.3) is 0 Å². The molecule has 4 aliphatic rings. The standard InChI is InChI=1S/C42H75NO2/c1-31(2)16-11-8-9-13-28-43-40(44)19-12-10-14-29-45-35-24-26-41(6)34(30-35)20-21-36-38-23-22-37(33(5)18-15-17-32(3)4)42(38,7)27-25-39(36)41/h20,31-33,35-39H,8-19,21-30H2,1-7H3,(H,43,44)/t33?,35-,36?,37?,38?,39?,41?,42?/m0/s1. The number of hydrogen-bond donors (Lipinski definition) is 1. The summed E-state index contributed by atoms with van der Waals surface area (Å²) in [5.41, 5.74) is 2.73. The van der Waals surface area contributed by atoms with Crippen LogP contribution < -0.4 is 5.32 Å². The van der Waals surface area contributed by atoms with Gasteiger partial charge in [-0.3, -0.25) is 4.79 Å². The van der Waals surface area contributed by atoms with Gasteiger partial charge in [-0.15, -0.1) is 0 Å². The van der Waals surface area contributed by atoms with Gasteiger partial charge in [-0.2, -0.15) is 0 Å². The molecule has 0 bridgehead atoms. The van der Waals surface area contributed by atoms with Crippen LogP contribution in [0, 0.1) is 52.3 Å². The minimum absolute atomic E-state index is 0.236. The first-order valence-electron chi connectivity index (χ1n) is 20.1. The second-order valence-electron chi connectivity index (χ2n) is 17.8. The predicted octanol–water partition coefficient (Wildman–Crippen LogP) is 11.7. The van der Waals surface area contributed by atoms with Crippen molar-refractivity contribution in [3.8, 4) is 0 Å². The number of carbonyl (C=O) groups excluding carboxylic acids is 1. The summed E-state index contributed by atoms with van der Waals surface area (Å²) in [7, 11) is 0. The molecule has 3 heteroatoms. The molecular formula is C42H75NO2. The van der Waals surface area contributed by atoms with E-state index in [2.05, 4.69) is 59.9 Å². The molecule has 4 rings (SSSR count). The van der Waals surface area contributed by atoms with Crippen molar-refractivity contribution in [2.24, 2.45) is 52.3 Å². The van der Waals surface area contributed by atoms with Crippen molar-refractivity contribution in [1.82, 2.24) is 5.32 Å². The normalized spacial score (nSPS) is 33.4. The van der Waals surface area contributed by atoms with E-state index in [0.717, 1.165) is 86.7 Å². The predicted molar refractivity (Wildman–Crippen MR) is 192 cm³/mol. The van der Waals surface area contributed by atoms with E-state index >= 15 is 0 Å². The van der Waals surface area contributed by atoms with Gasteiger partial charge in [0.05, 0.1) is 6.10 Å². The van der Waals surface area contributed by atoms with Crippen LogP contribution >= 0.6 is 0 Å². The van der Waals surface area contributed by atoms with Crippen LogP contribution in [-0.4, -0.2) is 25.2 Å². The molecule has 0 saturated heterocycles. The number of fused-ring (bicyclic) bond motifs is 5. The number of ether oxygens (including phenoxy) is 1. The molecule has 0 aromatic rings. The van der Waals surface area contributed by atoms with Crippen molar-refractivity contribution < 1.29 is 9.53 Å². The molecule has 0 heterocycles. The highest BCUT2D eigenvalue weighted by molar-refractivity contribution is 5.75. The maximum atomic E-state index is 12.2. The molecule has 7 unspecified atom stereocenters. The molecule has 3 fully saturated rings. The number of rotatable bonds is 19. The Labute approximate surface area is 280 Å². The van der Waals surface area contributed by atoms with Gasteiger partial charge in [-0.1, -0.05) is 111 Å². The number of allylic oxidation sites excluding steroid dienone is 1. The Morgan fingerprint density at radius 1 is 0.822 bits per heavy atom. The van der Waals surface area contributed by atoms with Crippen LogP contribution in [0.25, 0.3) is 0 Å². The number of unbranched alkanes of at least 4 members (excludes halogenated alkanes) is 5. The molecule has 0 aromatic heterocycles. The first kappa shape index (κ1) is 37.0. The average molecular weight is 626 g/mol. The van der Waals surface area contributed by atoms with Crippen molar-refractivity contribution in [3.63, 3.8) is 0 Å². The Balaban J connectivity index is 1.13. The Hall–Kier alpha value is -0.830. The maximum absolute atomic E-state index is 12.2. The van der Waals surface area contributed by atoms with Crippen LogP contribution in [0.4, 0.5) is 0 Å². The second-order valence-corrected chi connectivity index (χ2v) is 17.8. The Bertz CT molecular complexity index is 924. The van der Waals surface area contributed by atoms with Crippen LogP contribution in [-0.2, 0) is 9.53 Å². The van der Waals surface area contributed by atoms with E-state index in [1.165, 1.54) is 89.9 Å². The molecule has 0 aliphatic heterocycles. The molecule has 0 radical (unpaired) electrons. The lowest BCUT2D eigenvalue weighted by Crippen LogP contribution is -2.51. The second kappa shape index (κ2) is 17.5. The topological polar surface area (TPSA) is 38.3 Å². The molecule has 3 nitrogen and oxygen atoms in total. The van der Waals surface area contributed by atoms with Gasteiger partial charge >= 0.3 is 0 Å². The summed E-state index contributed by atoms with van der Waals surface area (Å²) in [5.74, 6) is 6.47. The molecule has 1 N–H and O–H groups in total. The first-order valence-corrected chi connectivity index (χ1v) is 20.1. The van der Waals surface area contributed by atoms with Crippen LogP contribution in [0.5, 0.6) is 0 Å². The highest BCUT2D eigenvalue weighted by Gasteiger charge is 2.59. The summed E-state index contributed by atoms with van der Waals surface area (Å²) in [6, 6.07) is 0. The summed E-state index contributed by atoms with van der Waals surface area (Å²) in [6.45, 7) is 19.0. The Morgan fingerprint density at radius 3 is 2.33 bits per heavy atom. The van der Waals surface area contributed by atoms with Gasteiger partial charge in [0.2, 0.25) is 5.91 Å². The van der Waals surface area contributed by atoms with E-state index in [0.29, 0.717) is 23.4 Å². The zero-order valence-electron chi connectivity index (χ0n) is 31.1. The van der Waals surface area contributed by atoms with Gasteiger partial charge in [0, 0.05) is 19.6 Å². The van der Waals surface area contributed by atoms with Gasteiger partial charge in [0.1, 0.15) is 0 Å². The van der Waals surface area contributed by atoms with E-state index in [4.69, 9.17) is 4.74 Å². The molecular weight excluding hydrogens is 550 g/mol. The van der Waals surface area contributed by atoms with Gasteiger partial charge in [-0.05, 0) is 123 Å². The van der Waals surface area contributed by atoms with E-state index in [1.807, 2.05) is 0 Å². The number of nitrogens with one attached hydrogen (secondary N) is 1. The highest BCUT2D eigenvalue weighted by atomic mass is 16.5. The van der Waals surface area contributed by atoms with E-state index in [9.17, 15) is 4.79 Å². The van der Waals surface area contributed by atoms with Crippen molar-refractivity contribution >= 4 is 5.91 Å². The summed E-state index contributed by atoms with van der Waals surface area (Å²) in [5, 5.41) is 3.13. The van der Waals surface area contributed by atoms with Crippen molar-refractivity contribution in [3.05, 3.63) is 11.6 Å². The molecule has 0 spiro atoms. The fourth-order valence-electron chi connectivity index (χ4n) is 11.0. The number of carbonyl (C=O) groups is 1. The minimum atomic E-state index is 0.236. The van der Waals surface area contributed by atoms with Crippen molar-refractivity contribution in [2.45, 2.75) is 183 Å². The quantitative estimate of drug-likeness (QED) is 0.115. The van der Waals surface area contributed by atoms with Crippen LogP contribution in [0.3, 0.4) is 0 Å². The lowest BCUT2D eigenvalue weighted by atomic mass is 9.47. The number of amides is 1. The molecule has 3 saturated carbocycles. The van der Waals surface area contributed by atoms with Crippen LogP contribution in [0.1, 0.15) is 177 Å². The summed E-state index contributed by atoms with van der Waals surface area (Å²) < 4.78 is 6.48. The first-order chi connectivity index (χ1) is 21.5. The highest BCUT2D eigenvalue weighted by Crippen LogP contribution is 2.67. The van der Waals surface area contributed by atoms with Crippen LogP contribution in [0.15, 0.2) is 11.6 Å². The third-order valence-electron chi connectivity index (χ3n) is 13.7. The lowest BCUT2D eigenvalue weighted by Gasteiger charge is -2.58. The van der Waals surface area contributed by atoms with Crippen molar-refractivity contribution in [2.75, 3.05) is 13.2 Å². The summed E-state index contributed by atoms with van der Waals surface area (Å²) in [6.07, 6.45) is 28.5. The van der Waals surface area contributed by atoms with Gasteiger partial charge in [0.15, 0.2) is 0 Å². The Morgan fingerprint density at radius 2 is 1.56 bits per heavy atom. The smallest absolute Gasteiger partial charge is 0.219 e. The van der Waals surface area contributed by atoms with E-state index < -0.39 is 0 Å². The molecule has 260 valence electrons. The monoisotopic (exact) mass is 626 g/mol. The van der Waals surface area contributed by atoms with Gasteiger partial charge in [-0.25, -0.2) is 0 Å². The fraction of sp³-hybridized carbons (Fsp3) is 0.929. The maximum Gasteiger partial charge on any atom is 0.219 e. The van der Waals surface area contributed by atoms with E-state index in [-0.39, 0.29) is 5.91 Å². The third kappa shape index (κ3) is 9.85. The largest absolute Gasteiger partial charge is 0.378 e. The average Bonchev–Trinajstić information content (AvgIpc) is 3.35. The Kier molecular flexibility index (Phi) is 14.4. The zero-order valence-corrected chi connectivity index (χ0v) is 31.1. The molecule has 8 atom stereocenters. The summed E-state index contributed by atoms with van der Waals surface area (Å²) >= 11 is 0. The lowest BCUT2D eigenvalue weighted by molar-refractivity contribution is -0.121. The summed E-state index contributed by atoms with van der Waals surface area (Å²) in [4.78, 5) is 12.2. The molecule has 45 heavy (non-hydrogen) atoms. The molecule has 0 aromatic carbocycles. The molecule has 4 aliphatic carbocycles. The number of hydrogen-bond acceptors (Lipinski definition) is 2. The minimum Gasteiger partial charge on any atom is -0.378 e. The van der Waals surface area contributed by atoms with E-state index in [1.54, 1.807) is 5.57 Å². The van der Waals surface area contributed by atoms with Gasteiger partial charge < -0.3 is 10.1 Å². The third-order valence-corrected chi connectivity index (χ3v) is 13.7. The fourth-order valence-corrected chi connectivity index (χ4v) is 11.0. The van der Waals surface area contributed by atoms with Crippen molar-refractivity contribution in [1.29, 1.82) is 0 Å². The zero-order chi connectivity index (χ0) is 32.5. The SMILES string of the molecule is CC(C)CCCCCCNC(=O)CCCCCO[C@H]1CCC2(C)C(=CCC3C2CCC2(C)C(C(C)CCCC(C)C)CCC32)C1. The molecule has 1 amide bonds.